The van der Waals surface area contributed by atoms with Gasteiger partial charge in [-0.15, -0.1) is 11.3 Å². The van der Waals surface area contributed by atoms with Gasteiger partial charge in [0.15, 0.2) is 5.96 Å². The lowest BCUT2D eigenvalue weighted by atomic mass is 10.1. The summed E-state index contributed by atoms with van der Waals surface area (Å²) in [5, 5.41) is 8.33. The van der Waals surface area contributed by atoms with E-state index in [-0.39, 0.29) is 0 Å². The third-order valence-electron chi connectivity index (χ3n) is 4.50. The Kier molecular flexibility index (Phi) is 7.24. The molecule has 2 aromatic heterocycles. The normalized spacial score (nSPS) is 16.2. The molecular formula is C18H26N6O2S2. The lowest BCUT2D eigenvalue weighted by Gasteiger charge is -2.33. The first-order valence-corrected chi connectivity index (χ1v) is 11.6. The summed E-state index contributed by atoms with van der Waals surface area (Å²) in [7, 11) is -1.71. The van der Waals surface area contributed by atoms with Crippen molar-refractivity contribution in [2.45, 2.75) is 23.1 Å². The van der Waals surface area contributed by atoms with Gasteiger partial charge in [-0.25, -0.2) is 18.1 Å². The molecule has 1 aliphatic rings. The first kappa shape index (κ1) is 20.6. The molecule has 0 atom stereocenters. The van der Waals surface area contributed by atoms with Crippen LogP contribution in [0.2, 0.25) is 0 Å². The molecule has 0 bridgehead atoms. The van der Waals surface area contributed by atoms with Gasteiger partial charge in [-0.2, -0.15) is 0 Å². The van der Waals surface area contributed by atoms with Crippen molar-refractivity contribution in [1.29, 1.82) is 0 Å². The summed E-state index contributed by atoms with van der Waals surface area (Å²) >= 11 is 1.21. The number of aliphatic imine (C=N–C) groups is 1. The highest BCUT2D eigenvalue weighted by Gasteiger charge is 2.20. The van der Waals surface area contributed by atoms with Crippen molar-refractivity contribution in [1.82, 2.24) is 20.3 Å². The number of sulfonamides is 1. The SMILES string of the molecule is CN=C(NCCNS(=O)(=O)c1cccs1)NC1CCN(c2ccccn2)CC1. The van der Waals surface area contributed by atoms with Gasteiger partial charge in [0, 0.05) is 45.5 Å². The monoisotopic (exact) mass is 422 g/mol. The van der Waals surface area contributed by atoms with Gasteiger partial charge in [0.1, 0.15) is 10.0 Å². The van der Waals surface area contributed by atoms with E-state index in [9.17, 15) is 8.42 Å². The molecular weight excluding hydrogens is 396 g/mol. The molecule has 2 aromatic rings. The summed E-state index contributed by atoms with van der Waals surface area (Å²) in [6.07, 6.45) is 3.79. The average Bonchev–Trinajstić information content (AvgIpc) is 3.27. The molecule has 0 saturated carbocycles. The third kappa shape index (κ3) is 5.66. The Hall–Kier alpha value is -2.17. The quantitative estimate of drug-likeness (QED) is 0.353. The molecule has 28 heavy (non-hydrogen) atoms. The number of nitrogens with one attached hydrogen (secondary N) is 3. The molecule has 10 heteroatoms. The highest BCUT2D eigenvalue weighted by molar-refractivity contribution is 7.91. The first-order chi connectivity index (χ1) is 13.6. The summed E-state index contributed by atoms with van der Waals surface area (Å²) < 4.78 is 27.1. The average molecular weight is 423 g/mol. The van der Waals surface area contributed by atoms with E-state index in [0.717, 1.165) is 31.7 Å². The van der Waals surface area contributed by atoms with Crippen molar-refractivity contribution < 1.29 is 8.42 Å². The zero-order valence-electron chi connectivity index (χ0n) is 15.8. The van der Waals surface area contributed by atoms with E-state index in [1.807, 2.05) is 24.4 Å². The number of nitrogens with zero attached hydrogens (tertiary/aromatic N) is 3. The van der Waals surface area contributed by atoms with Crippen molar-refractivity contribution in [3.63, 3.8) is 0 Å². The molecule has 3 rings (SSSR count). The van der Waals surface area contributed by atoms with E-state index in [1.165, 1.54) is 11.3 Å². The van der Waals surface area contributed by atoms with Crippen molar-refractivity contribution in [3.05, 3.63) is 41.9 Å². The van der Waals surface area contributed by atoms with Gasteiger partial charge >= 0.3 is 0 Å². The van der Waals surface area contributed by atoms with Gasteiger partial charge in [-0.3, -0.25) is 4.99 Å². The fraction of sp³-hybridized carbons (Fsp3) is 0.444. The molecule has 0 spiro atoms. The van der Waals surface area contributed by atoms with Gasteiger partial charge in [0.05, 0.1) is 0 Å². The predicted molar refractivity (Wildman–Crippen MR) is 113 cm³/mol. The van der Waals surface area contributed by atoms with Gasteiger partial charge in [-0.05, 0) is 36.4 Å². The third-order valence-corrected chi connectivity index (χ3v) is 7.36. The summed E-state index contributed by atoms with van der Waals surface area (Å²) in [6, 6.07) is 9.61. The molecule has 3 heterocycles. The van der Waals surface area contributed by atoms with E-state index >= 15 is 0 Å². The maximum Gasteiger partial charge on any atom is 0.250 e. The minimum absolute atomic E-state index is 0.291. The van der Waals surface area contributed by atoms with Crippen LogP contribution in [0.15, 0.2) is 51.1 Å². The van der Waals surface area contributed by atoms with Crippen molar-refractivity contribution in [3.8, 4) is 0 Å². The lowest BCUT2D eigenvalue weighted by Crippen LogP contribution is -2.49. The minimum Gasteiger partial charge on any atom is -0.356 e. The number of hydrogen-bond acceptors (Lipinski definition) is 6. The molecule has 0 aliphatic carbocycles. The number of anilines is 1. The first-order valence-electron chi connectivity index (χ1n) is 9.25. The molecule has 152 valence electrons. The number of rotatable bonds is 7. The smallest absolute Gasteiger partial charge is 0.250 e. The van der Waals surface area contributed by atoms with E-state index in [4.69, 9.17) is 0 Å². The van der Waals surface area contributed by atoms with E-state index in [1.54, 1.807) is 24.6 Å². The van der Waals surface area contributed by atoms with Crippen LogP contribution in [-0.4, -0.2) is 58.6 Å². The van der Waals surface area contributed by atoms with Crippen LogP contribution in [-0.2, 0) is 10.0 Å². The Morgan fingerprint density at radius 1 is 1.25 bits per heavy atom. The summed E-state index contributed by atoms with van der Waals surface area (Å²) in [4.78, 5) is 10.9. The van der Waals surface area contributed by atoms with Crippen molar-refractivity contribution >= 4 is 33.1 Å². The molecule has 1 aliphatic heterocycles. The van der Waals surface area contributed by atoms with Gasteiger partial charge in [0.2, 0.25) is 10.0 Å². The molecule has 0 radical (unpaired) electrons. The number of thiophene rings is 1. The molecule has 3 N–H and O–H groups in total. The Morgan fingerprint density at radius 3 is 2.71 bits per heavy atom. The summed E-state index contributed by atoms with van der Waals surface area (Å²) in [5.41, 5.74) is 0. The maximum absolute atomic E-state index is 12.1. The zero-order valence-corrected chi connectivity index (χ0v) is 17.5. The Balaban J connectivity index is 1.38. The van der Waals surface area contributed by atoms with Crippen LogP contribution < -0.4 is 20.3 Å². The molecule has 0 unspecified atom stereocenters. The number of pyridine rings is 1. The van der Waals surface area contributed by atoms with E-state index < -0.39 is 10.0 Å². The van der Waals surface area contributed by atoms with E-state index in [0.29, 0.717) is 29.3 Å². The second-order valence-electron chi connectivity index (χ2n) is 6.42. The molecule has 1 saturated heterocycles. The van der Waals surface area contributed by atoms with Gasteiger partial charge in [0.25, 0.3) is 0 Å². The topological polar surface area (TPSA) is 98.7 Å². The Labute approximate surface area is 170 Å². The Bertz CT molecular complexity index is 847. The number of guanidine groups is 1. The summed E-state index contributed by atoms with van der Waals surface area (Å²) in [5.74, 6) is 1.70. The fourth-order valence-corrected chi connectivity index (χ4v) is 5.10. The van der Waals surface area contributed by atoms with Crippen LogP contribution in [0.5, 0.6) is 0 Å². The van der Waals surface area contributed by atoms with Crippen LogP contribution in [0.4, 0.5) is 5.82 Å². The van der Waals surface area contributed by atoms with Crippen LogP contribution in [0.3, 0.4) is 0 Å². The van der Waals surface area contributed by atoms with Crippen LogP contribution in [0.1, 0.15) is 12.8 Å². The van der Waals surface area contributed by atoms with E-state index in [2.05, 4.69) is 30.2 Å². The second-order valence-corrected chi connectivity index (χ2v) is 9.36. The number of aromatic nitrogens is 1. The largest absolute Gasteiger partial charge is 0.356 e. The van der Waals surface area contributed by atoms with Crippen molar-refractivity contribution in [2.75, 3.05) is 38.1 Å². The highest BCUT2D eigenvalue weighted by Crippen LogP contribution is 2.17. The standard InChI is InChI=1S/C18H26N6O2S2/c1-19-18(21-10-11-22-28(25,26)17-6-4-14-27-17)23-15-7-12-24(13-8-15)16-5-2-3-9-20-16/h2-6,9,14-15,22H,7-8,10-13H2,1H3,(H2,19,21,23). The predicted octanol–water partition coefficient (Wildman–Crippen LogP) is 1.26. The Morgan fingerprint density at radius 2 is 2.07 bits per heavy atom. The fourth-order valence-electron chi connectivity index (χ4n) is 3.04. The minimum atomic E-state index is -3.42. The lowest BCUT2D eigenvalue weighted by molar-refractivity contribution is 0.459. The maximum atomic E-state index is 12.1. The molecule has 8 nitrogen and oxygen atoms in total. The molecule has 0 amide bonds. The van der Waals surface area contributed by atoms with Crippen LogP contribution in [0, 0.1) is 0 Å². The van der Waals surface area contributed by atoms with Crippen molar-refractivity contribution in [2.24, 2.45) is 4.99 Å². The van der Waals surface area contributed by atoms with Gasteiger partial charge < -0.3 is 15.5 Å². The van der Waals surface area contributed by atoms with Crippen LogP contribution >= 0.6 is 11.3 Å². The summed E-state index contributed by atoms with van der Waals surface area (Å²) in [6.45, 7) is 2.62. The molecule has 0 aromatic carbocycles. The highest BCUT2D eigenvalue weighted by atomic mass is 32.2. The number of hydrogen-bond donors (Lipinski definition) is 3. The number of piperidine rings is 1. The zero-order chi connectivity index (χ0) is 19.8. The molecule has 1 fully saturated rings. The van der Waals surface area contributed by atoms with Gasteiger partial charge in [-0.1, -0.05) is 12.1 Å². The second kappa shape index (κ2) is 9.85. The van der Waals surface area contributed by atoms with Crippen LogP contribution in [0.25, 0.3) is 0 Å².